The van der Waals surface area contributed by atoms with Gasteiger partial charge in [0.2, 0.25) is 0 Å². The molecule has 67 valence electrons. The molecule has 0 amide bonds. The Morgan fingerprint density at radius 1 is 1.17 bits per heavy atom. The number of nitrogens with one attached hydrogen (secondary N) is 1. The Labute approximate surface area is 73.5 Å². The van der Waals surface area contributed by atoms with Crippen molar-refractivity contribution in [2.24, 2.45) is 11.8 Å². The summed E-state index contributed by atoms with van der Waals surface area (Å²) in [6, 6.07) is -0.368. The topological polar surface area (TPSA) is 40.9 Å². The van der Waals surface area contributed by atoms with Crippen molar-refractivity contribution in [2.45, 2.75) is 44.6 Å². The molecule has 2 aliphatic rings. The van der Waals surface area contributed by atoms with Gasteiger partial charge >= 0.3 is 0 Å². The van der Waals surface area contributed by atoms with E-state index in [9.17, 15) is 4.79 Å². The van der Waals surface area contributed by atoms with Gasteiger partial charge in [0.05, 0.1) is 6.04 Å². The van der Waals surface area contributed by atoms with Crippen LogP contribution < -0.4 is 5.73 Å². The minimum atomic E-state index is -0.368. The largest absolute Gasteiger partial charge is 0.298 e. The first-order chi connectivity index (χ1) is 5.79. The van der Waals surface area contributed by atoms with E-state index in [0.29, 0.717) is 5.92 Å². The van der Waals surface area contributed by atoms with Crippen LogP contribution in [0.15, 0.2) is 0 Å². The van der Waals surface area contributed by atoms with Crippen LogP contribution in [-0.4, -0.2) is 11.8 Å². The molecule has 2 fully saturated rings. The summed E-state index contributed by atoms with van der Waals surface area (Å²) in [4.78, 5) is 11.6. The number of ketones is 1. The van der Waals surface area contributed by atoms with Crippen LogP contribution in [0.5, 0.6) is 0 Å². The van der Waals surface area contributed by atoms with Gasteiger partial charge in [0.1, 0.15) is 0 Å². The normalized spacial score (nSPS) is 27.4. The van der Waals surface area contributed by atoms with E-state index < -0.39 is 0 Å². The van der Waals surface area contributed by atoms with Gasteiger partial charge in [0, 0.05) is 5.92 Å². The van der Waals surface area contributed by atoms with Crippen LogP contribution in [0.4, 0.5) is 0 Å². The summed E-state index contributed by atoms with van der Waals surface area (Å²) in [6.45, 7) is 0. The van der Waals surface area contributed by atoms with E-state index in [1.165, 1.54) is 12.8 Å². The van der Waals surface area contributed by atoms with E-state index >= 15 is 0 Å². The Bertz CT molecular complexity index is 176. The van der Waals surface area contributed by atoms with Gasteiger partial charge in [-0.15, -0.1) is 0 Å². The zero-order valence-corrected chi connectivity index (χ0v) is 7.38. The lowest BCUT2D eigenvalue weighted by Crippen LogP contribution is -2.29. The van der Waals surface area contributed by atoms with Crippen LogP contribution >= 0.6 is 0 Å². The van der Waals surface area contributed by atoms with Crippen molar-refractivity contribution in [1.82, 2.24) is 5.73 Å². The molecule has 1 unspecified atom stereocenters. The first-order valence-electron chi connectivity index (χ1n) is 5.04. The summed E-state index contributed by atoms with van der Waals surface area (Å²) in [5.41, 5.74) is 7.71. The maximum absolute atomic E-state index is 11.6. The SMILES string of the molecule is [NH]C(C(=O)C1CCCC1)C1CC1. The molecule has 2 nitrogen and oxygen atoms in total. The number of carbonyl (C=O) groups excluding carboxylic acids is 1. The second kappa shape index (κ2) is 3.17. The highest BCUT2D eigenvalue weighted by Crippen LogP contribution is 2.36. The molecular formula is C10H16NO. The fourth-order valence-corrected chi connectivity index (χ4v) is 2.13. The molecule has 0 aromatic carbocycles. The molecule has 2 aliphatic carbocycles. The van der Waals surface area contributed by atoms with Crippen LogP contribution in [0.3, 0.4) is 0 Å². The second-order valence-corrected chi connectivity index (χ2v) is 4.20. The quantitative estimate of drug-likeness (QED) is 0.630. The second-order valence-electron chi connectivity index (χ2n) is 4.20. The summed E-state index contributed by atoms with van der Waals surface area (Å²) in [5, 5.41) is 0. The Hall–Kier alpha value is -0.370. The summed E-state index contributed by atoms with van der Waals surface area (Å²) in [7, 11) is 0. The average molecular weight is 166 g/mol. The van der Waals surface area contributed by atoms with E-state index in [4.69, 9.17) is 5.73 Å². The molecule has 1 atom stereocenters. The van der Waals surface area contributed by atoms with Crippen LogP contribution in [-0.2, 0) is 4.79 Å². The monoisotopic (exact) mass is 166 g/mol. The van der Waals surface area contributed by atoms with E-state index in [0.717, 1.165) is 25.7 Å². The van der Waals surface area contributed by atoms with Gasteiger partial charge in [-0.3, -0.25) is 4.79 Å². The van der Waals surface area contributed by atoms with Crippen molar-refractivity contribution >= 4 is 5.78 Å². The smallest absolute Gasteiger partial charge is 0.154 e. The number of carbonyl (C=O) groups is 1. The Morgan fingerprint density at radius 3 is 2.25 bits per heavy atom. The van der Waals surface area contributed by atoms with Gasteiger partial charge in [-0.25, -0.2) is 5.73 Å². The first kappa shape index (κ1) is 8.24. The molecular weight excluding hydrogens is 150 g/mol. The lowest BCUT2D eigenvalue weighted by atomic mass is 9.94. The van der Waals surface area contributed by atoms with Crippen molar-refractivity contribution in [3.63, 3.8) is 0 Å². The van der Waals surface area contributed by atoms with E-state index in [2.05, 4.69) is 0 Å². The van der Waals surface area contributed by atoms with Crippen LogP contribution in [0, 0.1) is 11.8 Å². The standard InChI is InChI=1S/C10H16NO/c11-9(7-5-6-7)10(12)8-3-1-2-4-8/h7-9,11H,1-6H2. The first-order valence-corrected chi connectivity index (χ1v) is 5.04. The van der Waals surface area contributed by atoms with Gasteiger partial charge in [0.25, 0.3) is 0 Å². The average Bonchev–Trinajstić information content (AvgIpc) is 2.79. The summed E-state index contributed by atoms with van der Waals surface area (Å²) in [5.74, 6) is 0.932. The van der Waals surface area contributed by atoms with Gasteiger partial charge in [-0.05, 0) is 31.6 Å². The van der Waals surface area contributed by atoms with Gasteiger partial charge in [0.15, 0.2) is 5.78 Å². The van der Waals surface area contributed by atoms with Crippen molar-refractivity contribution in [3.8, 4) is 0 Å². The predicted molar refractivity (Wildman–Crippen MR) is 46.6 cm³/mol. The van der Waals surface area contributed by atoms with E-state index in [1.54, 1.807) is 0 Å². The fourth-order valence-electron chi connectivity index (χ4n) is 2.13. The van der Waals surface area contributed by atoms with E-state index in [1.807, 2.05) is 0 Å². The zero-order valence-electron chi connectivity index (χ0n) is 7.38. The third-order valence-electron chi connectivity index (χ3n) is 3.16. The maximum Gasteiger partial charge on any atom is 0.154 e. The van der Waals surface area contributed by atoms with Crippen molar-refractivity contribution in [1.29, 1.82) is 0 Å². The molecule has 2 rings (SSSR count). The van der Waals surface area contributed by atoms with Crippen molar-refractivity contribution < 1.29 is 4.79 Å². The summed E-state index contributed by atoms with van der Waals surface area (Å²) in [6.07, 6.45) is 6.75. The highest BCUT2D eigenvalue weighted by Gasteiger charge is 2.37. The van der Waals surface area contributed by atoms with Gasteiger partial charge in [-0.2, -0.15) is 0 Å². The summed E-state index contributed by atoms with van der Waals surface area (Å²) < 4.78 is 0. The number of hydrogen-bond donors (Lipinski definition) is 0. The molecule has 0 aromatic rings. The third-order valence-corrected chi connectivity index (χ3v) is 3.16. The number of hydrogen-bond acceptors (Lipinski definition) is 1. The van der Waals surface area contributed by atoms with Crippen LogP contribution in [0.2, 0.25) is 0 Å². The minimum absolute atomic E-state index is 0.245. The summed E-state index contributed by atoms with van der Waals surface area (Å²) >= 11 is 0. The maximum atomic E-state index is 11.6. The molecule has 0 heterocycles. The Balaban J connectivity index is 1.88. The zero-order chi connectivity index (χ0) is 8.55. The molecule has 0 aromatic heterocycles. The minimum Gasteiger partial charge on any atom is -0.298 e. The number of rotatable bonds is 3. The molecule has 0 aliphatic heterocycles. The Morgan fingerprint density at radius 2 is 1.75 bits per heavy atom. The Kier molecular flexibility index (Phi) is 2.18. The lowest BCUT2D eigenvalue weighted by molar-refractivity contribution is -0.124. The molecule has 0 spiro atoms. The van der Waals surface area contributed by atoms with Crippen LogP contribution in [0.1, 0.15) is 38.5 Å². The number of Topliss-reactive ketones (excluding diaryl/α,β-unsaturated/α-hetero) is 1. The molecule has 2 heteroatoms. The molecule has 0 saturated heterocycles. The molecule has 2 saturated carbocycles. The van der Waals surface area contributed by atoms with Crippen molar-refractivity contribution in [2.75, 3.05) is 0 Å². The highest BCUT2D eigenvalue weighted by atomic mass is 16.1. The van der Waals surface area contributed by atoms with Crippen molar-refractivity contribution in [3.05, 3.63) is 0 Å². The molecule has 1 radical (unpaired) electrons. The fraction of sp³-hybridized carbons (Fsp3) is 0.900. The molecule has 12 heavy (non-hydrogen) atoms. The molecule has 1 N–H and O–H groups in total. The van der Waals surface area contributed by atoms with Gasteiger partial charge < -0.3 is 0 Å². The predicted octanol–water partition coefficient (Wildman–Crippen LogP) is 1.81. The highest BCUT2D eigenvalue weighted by molar-refractivity contribution is 5.86. The van der Waals surface area contributed by atoms with Crippen LogP contribution in [0.25, 0.3) is 0 Å². The molecule has 0 bridgehead atoms. The lowest BCUT2D eigenvalue weighted by Gasteiger charge is -2.12. The van der Waals surface area contributed by atoms with E-state index in [-0.39, 0.29) is 17.7 Å². The van der Waals surface area contributed by atoms with Gasteiger partial charge in [-0.1, -0.05) is 12.8 Å². The third kappa shape index (κ3) is 1.53.